The van der Waals surface area contributed by atoms with Gasteiger partial charge in [-0.2, -0.15) is 0 Å². The van der Waals surface area contributed by atoms with Crippen molar-refractivity contribution >= 4 is 8.32 Å². The lowest BCUT2D eigenvalue weighted by Gasteiger charge is -2.48. The van der Waals surface area contributed by atoms with Crippen LogP contribution in [0.25, 0.3) is 0 Å². The van der Waals surface area contributed by atoms with Gasteiger partial charge in [-0.1, -0.05) is 34.6 Å². The zero-order valence-corrected chi connectivity index (χ0v) is 15.0. The minimum Gasteiger partial charge on any atom is -0.413 e. The Bertz CT molecular complexity index is 313. The Hall–Kier alpha value is 0.0569. The van der Waals surface area contributed by atoms with Crippen LogP contribution in [0.15, 0.2) is 0 Å². The van der Waals surface area contributed by atoms with Crippen molar-refractivity contribution in [1.82, 2.24) is 0 Å². The van der Waals surface area contributed by atoms with E-state index in [0.29, 0.717) is 6.42 Å². The van der Waals surface area contributed by atoms with E-state index in [4.69, 9.17) is 14.3 Å². The highest BCUT2D eigenvalue weighted by Gasteiger charge is 2.46. The largest absolute Gasteiger partial charge is 0.413 e. The third-order valence-electron chi connectivity index (χ3n) is 5.04. The van der Waals surface area contributed by atoms with E-state index < -0.39 is 14.6 Å². The molecule has 1 heterocycles. The van der Waals surface area contributed by atoms with Gasteiger partial charge in [-0.3, -0.25) is 0 Å². The summed E-state index contributed by atoms with van der Waals surface area (Å²) in [5, 5.41) is 19.4. The van der Waals surface area contributed by atoms with E-state index in [1.807, 2.05) is 6.92 Å². The predicted octanol–water partition coefficient (Wildman–Crippen LogP) is 2.75. The maximum atomic E-state index is 10.1. The number of rotatable bonds is 4. The number of aliphatic hydroxyl groups excluding tert-OH is 2. The maximum absolute atomic E-state index is 10.1. The van der Waals surface area contributed by atoms with Crippen molar-refractivity contribution in [2.24, 2.45) is 11.8 Å². The summed E-state index contributed by atoms with van der Waals surface area (Å²) in [7, 11) is -1.89. The second-order valence-electron chi connectivity index (χ2n) is 7.64. The van der Waals surface area contributed by atoms with Crippen molar-refractivity contribution in [2.45, 2.75) is 77.7 Å². The van der Waals surface area contributed by atoms with Crippen LogP contribution in [-0.4, -0.2) is 43.6 Å². The maximum Gasteiger partial charge on any atom is 0.192 e. The van der Waals surface area contributed by atoms with E-state index in [0.717, 1.165) is 0 Å². The molecule has 1 aliphatic rings. The van der Waals surface area contributed by atoms with Gasteiger partial charge in [-0.05, 0) is 24.6 Å². The highest BCUT2D eigenvalue weighted by molar-refractivity contribution is 6.74. The van der Waals surface area contributed by atoms with Gasteiger partial charge in [0.1, 0.15) is 0 Å². The van der Waals surface area contributed by atoms with Gasteiger partial charge in [-0.15, -0.1) is 0 Å². The van der Waals surface area contributed by atoms with Gasteiger partial charge in [-0.25, -0.2) is 0 Å². The molecule has 1 fully saturated rings. The molecule has 2 N–H and O–H groups in total. The number of hydrogen-bond acceptors (Lipinski definition) is 4. The lowest BCUT2D eigenvalue weighted by atomic mass is 9.85. The molecule has 1 rings (SSSR count). The standard InChI is InChI=1S/C15H32O4Si/c1-10-12(8-9-16)18-14(17)11(2)13(10)19-20(6,7)15(3,4)5/h10-14,16-17H,8-9H2,1-7H3/t10-,11+,12-,13?,14?/m0/s1. The van der Waals surface area contributed by atoms with Crippen LogP contribution in [-0.2, 0) is 9.16 Å². The quantitative estimate of drug-likeness (QED) is 0.784. The lowest BCUT2D eigenvalue weighted by Crippen LogP contribution is -2.55. The molecule has 0 aromatic carbocycles. The third kappa shape index (κ3) is 3.83. The molecule has 2 unspecified atom stereocenters. The van der Waals surface area contributed by atoms with Crippen LogP contribution in [0.1, 0.15) is 41.0 Å². The predicted molar refractivity (Wildman–Crippen MR) is 83.0 cm³/mol. The van der Waals surface area contributed by atoms with Gasteiger partial charge in [0.15, 0.2) is 14.6 Å². The number of aliphatic hydroxyl groups is 2. The van der Waals surface area contributed by atoms with Crippen LogP contribution < -0.4 is 0 Å². The first kappa shape index (κ1) is 18.1. The van der Waals surface area contributed by atoms with Crippen molar-refractivity contribution < 1.29 is 19.4 Å². The Balaban J connectivity index is 2.89. The molecule has 1 saturated heterocycles. The molecule has 0 amide bonds. The lowest BCUT2D eigenvalue weighted by molar-refractivity contribution is -0.240. The summed E-state index contributed by atoms with van der Waals surface area (Å²) in [4.78, 5) is 0. The fourth-order valence-electron chi connectivity index (χ4n) is 2.47. The Morgan fingerprint density at radius 2 is 1.70 bits per heavy atom. The molecular formula is C15H32O4Si. The normalized spacial score (nSPS) is 36.1. The van der Waals surface area contributed by atoms with Gasteiger partial charge in [0.25, 0.3) is 0 Å². The Kier molecular flexibility index (Phi) is 5.83. The highest BCUT2D eigenvalue weighted by Crippen LogP contribution is 2.41. The zero-order chi connectivity index (χ0) is 15.7. The first-order valence-corrected chi connectivity index (χ1v) is 10.5. The van der Waals surface area contributed by atoms with Gasteiger partial charge in [0.2, 0.25) is 0 Å². The van der Waals surface area contributed by atoms with Gasteiger partial charge in [0, 0.05) is 18.4 Å². The van der Waals surface area contributed by atoms with Crippen LogP contribution in [0.4, 0.5) is 0 Å². The SMILES string of the molecule is C[C@H]1C(O)O[C@@H](CCO)[C@H](C)C1O[Si](C)(C)C(C)(C)C. The van der Waals surface area contributed by atoms with Gasteiger partial charge >= 0.3 is 0 Å². The number of hydrogen-bond donors (Lipinski definition) is 2. The van der Waals surface area contributed by atoms with Gasteiger partial charge < -0.3 is 19.4 Å². The monoisotopic (exact) mass is 304 g/mol. The van der Waals surface area contributed by atoms with Crippen molar-refractivity contribution in [3.8, 4) is 0 Å². The van der Waals surface area contributed by atoms with Crippen LogP contribution in [0.5, 0.6) is 0 Å². The smallest absolute Gasteiger partial charge is 0.192 e. The Morgan fingerprint density at radius 1 is 1.15 bits per heavy atom. The molecule has 0 spiro atoms. The average molecular weight is 305 g/mol. The summed E-state index contributed by atoms with van der Waals surface area (Å²) in [6.07, 6.45) is -0.419. The van der Waals surface area contributed by atoms with E-state index in [1.54, 1.807) is 0 Å². The van der Waals surface area contributed by atoms with Crippen molar-refractivity contribution in [2.75, 3.05) is 6.61 Å². The first-order valence-electron chi connectivity index (χ1n) is 7.63. The molecule has 0 radical (unpaired) electrons. The fourth-order valence-corrected chi connectivity index (χ4v) is 3.93. The van der Waals surface area contributed by atoms with E-state index >= 15 is 0 Å². The van der Waals surface area contributed by atoms with Crippen LogP contribution >= 0.6 is 0 Å². The minimum absolute atomic E-state index is 0.0174. The molecule has 20 heavy (non-hydrogen) atoms. The second-order valence-corrected chi connectivity index (χ2v) is 12.4. The molecule has 5 atom stereocenters. The molecule has 5 heteroatoms. The van der Waals surface area contributed by atoms with Gasteiger partial charge in [0.05, 0.1) is 12.2 Å². The van der Waals surface area contributed by atoms with Crippen LogP contribution in [0, 0.1) is 11.8 Å². The Labute approximate surface area is 124 Å². The molecule has 1 aliphatic heterocycles. The van der Waals surface area contributed by atoms with E-state index in [2.05, 4.69) is 40.8 Å². The zero-order valence-electron chi connectivity index (χ0n) is 14.0. The topological polar surface area (TPSA) is 58.9 Å². The van der Waals surface area contributed by atoms with E-state index in [-0.39, 0.29) is 35.7 Å². The summed E-state index contributed by atoms with van der Waals surface area (Å²) in [5.41, 5.74) is 0. The number of ether oxygens (including phenoxy) is 1. The van der Waals surface area contributed by atoms with Crippen LogP contribution in [0.2, 0.25) is 18.1 Å². The summed E-state index contributed by atoms with van der Waals surface area (Å²) >= 11 is 0. The molecular weight excluding hydrogens is 272 g/mol. The van der Waals surface area contributed by atoms with Crippen molar-refractivity contribution in [1.29, 1.82) is 0 Å². The second kappa shape index (κ2) is 6.44. The average Bonchev–Trinajstić information content (AvgIpc) is 2.30. The molecule has 0 aromatic rings. The fraction of sp³-hybridized carbons (Fsp3) is 1.00. The first-order chi connectivity index (χ1) is 9.01. The summed E-state index contributed by atoms with van der Waals surface area (Å²) in [6, 6.07) is 0. The van der Waals surface area contributed by atoms with E-state index in [1.165, 1.54) is 0 Å². The summed E-state index contributed by atoms with van der Waals surface area (Å²) in [5.74, 6) is 0.128. The highest BCUT2D eigenvalue weighted by atomic mass is 28.4. The van der Waals surface area contributed by atoms with Crippen LogP contribution in [0.3, 0.4) is 0 Å². The molecule has 0 saturated carbocycles. The van der Waals surface area contributed by atoms with Crippen molar-refractivity contribution in [3.63, 3.8) is 0 Å². The molecule has 120 valence electrons. The summed E-state index contributed by atoms with van der Waals surface area (Å²) < 4.78 is 12.1. The molecule has 4 nitrogen and oxygen atoms in total. The third-order valence-corrected chi connectivity index (χ3v) is 9.51. The molecule has 0 aliphatic carbocycles. The molecule has 0 aromatic heterocycles. The Morgan fingerprint density at radius 3 is 2.15 bits per heavy atom. The van der Waals surface area contributed by atoms with E-state index in [9.17, 15) is 5.11 Å². The van der Waals surface area contributed by atoms with Crippen molar-refractivity contribution in [3.05, 3.63) is 0 Å². The summed E-state index contributed by atoms with van der Waals surface area (Å²) in [6.45, 7) is 15.3. The minimum atomic E-state index is -1.89. The molecule has 0 bridgehead atoms.